The van der Waals surface area contributed by atoms with E-state index in [1.807, 2.05) is 13.0 Å². The van der Waals surface area contributed by atoms with Crippen LogP contribution in [-0.2, 0) is 10.0 Å². The van der Waals surface area contributed by atoms with E-state index in [0.717, 1.165) is 22.1 Å². The van der Waals surface area contributed by atoms with Crippen LogP contribution in [0.1, 0.15) is 22.9 Å². The van der Waals surface area contributed by atoms with Crippen LogP contribution in [0.5, 0.6) is 0 Å². The lowest BCUT2D eigenvalue weighted by molar-refractivity contribution is -0.384. The van der Waals surface area contributed by atoms with E-state index in [1.54, 1.807) is 38.1 Å². The molecule has 3 rings (SSSR count). The van der Waals surface area contributed by atoms with Gasteiger partial charge in [0.25, 0.3) is 15.7 Å². The molecule has 31 heavy (non-hydrogen) atoms. The second-order valence-corrected chi connectivity index (χ2v) is 10.2. The summed E-state index contributed by atoms with van der Waals surface area (Å²) in [6.45, 7) is 5.41. The third kappa shape index (κ3) is 5.40. The van der Waals surface area contributed by atoms with E-state index in [2.05, 4.69) is 15.2 Å². The molecule has 0 fully saturated rings. The summed E-state index contributed by atoms with van der Waals surface area (Å²) >= 11 is 7.24. The number of aryl methyl sites for hydroxylation is 2. The number of nitrogens with one attached hydrogen (secondary N) is 2. The zero-order valence-corrected chi connectivity index (χ0v) is 19.2. The zero-order chi connectivity index (χ0) is 22.8. The highest BCUT2D eigenvalue weighted by atomic mass is 35.5. The predicted octanol–water partition coefficient (Wildman–Crippen LogP) is 5.56. The topological polar surface area (TPSA) is 114 Å². The van der Waals surface area contributed by atoms with Crippen LogP contribution in [-0.4, -0.2) is 19.1 Å². The number of nitrogens with zero attached hydrogens (tertiary/aromatic N) is 2. The number of rotatable bonds is 7. The van der Waals surface area contributed by atoms with Crippen molar-refractivity contribution < 1.29 is 13.3 Å². The minimum absolute atomic E-state index is 0.0671. The van der Waals surface area contributed by atoms with Crippen LogP contribution in [0.25, 0.3) is 0 Å². The maximum absolute atomic E-state index is 12.8. The maximum Gasteiger partial charge on any atom is 0.295 e. The molecule has 0 aliphatic rings. The van der Waals surface area contributed by atoms with Gasteiger partial charge in [0.1, 0.15) is 5.69 Å². The third-order valence-electron chi connectivity index (χ3n) is 4.38. The fourth-order valence-electron chi connectivity index (χ4n) is 2.76. The molecule has 0 radical (unpaired) electrons. The smallest absolute Gasteiger partial charge is 0.279 e. The second kappa shape index (κ2) is 9.04. The van der Waals surface area contributed by atoms with Gasteiger partial charge < -0.3 is 0 Å². The molecule has 0 unspecified atom stereocenters. The number of benzene rings is 2. The molecular weight excluding hydrogens is 460 g/mol. The van der Waals surface area contributed by atoms with Gasteiger partial charge in [-0.05, 0) is 56.7 Å². The molecule has 1 aromatic heterocycles. The van der Waals surface area contributed by atoms with Crippen LogP contribution in [0.3, 0.4) is 0 Å². The number of hydrogen-bond acceptors (Lipinski definition) is 7. The highest BCUT2D eigenvalue weighted by molar-refractivity contribution is 7.92. The summed E-state index contributed by atoms with van der Waals surface area (Å²) in [5.74, 6) is 0. The standard InChI is InChI=1S/C20H19ClN4O4S2/c1-12-4-6-16(13(2)10-12)24-31(28,29)15-5-7-17(18(11-15)25(26)27)23-22-14(3)19-8-9-20(21)30-19/h4-11,23-24H,1-3H3/b22-14-. The molecule has 11 heteroatoms. The SMILES string of the molecule is C/C(=N/Nc1ccc(S(=O)(=O)Nc2ccc(C)cc2C)cc1[N+](=O)[O-])c1ccc(Cl)s1. The van der Waals surface area contributed by atoms with E-state index in [1.165, 1.54) is 23.5 Å². The van der Waals surface area contributed by atoms with Crippen molar-refractivity contribution in [2.24, 2.45) is 5.10 Å². The molecular formula is C20H19ClN4O4S2. The van der Waals surface area contributed by atoms with Gasteiger partial charge in [0, 0.05) is 6.07 Å². The summed E-state index contributed by atoms with van der Waals surface area (Å²) in [5.41, 5.74) is 5.02. The first kappa shape index (κ1) is 22.7. The van der Waals surface area contributed by atoms with Crippen molar-refractivity contribution in [2.45, 2.75) is 25.7 Å². The summed E-state index contributed by atoms with van der Waals surface area (Å²) in [7, 11) is -4.02. The average Bonchev–Trinajstić information content (AvgIpc) is 3.14. The van der Waals surface area contributed by atoms with Crippen LogP contribution in [0.4, 0.5) is 17.1 Å². The van der Waals surface area contributed by atoms with Crippen molar-refractivity contribution >= 4 is 55.7 Å². The molecule has 0 saturated heterocycles. The molecule has 0 aliphatic carbocycles. The largest absolute Gasteiger partial charge is 0.295 e. The van der Waals surface area contributed by atoms with Gasteiger partial charge in [-0.2, -0.15) is 5.10 Å². The van der Waals surface area contributed by atoms with E-state index in [0.29, 0.717) is 15.7 Å². The molecule has 0 saturated carbocycles. The van der Waals surface area contributed by atoms with Crippen LogP contribution in [0.2, 0.25) is 4.34 Å². The van der Waals surface area contributed by atoms with Crippen molar-refractivity contribution in [3.05, 3.63) is 79.0 Å². The number of thiophene rings is 1. The molecule has 0 amide bonds. The molecule has 2 N–H and O–H groups in total. The Hall–Kier alpha value is -2.95. The monoisotopic (exact) mass is 478 g/mol. The van der Waals surface area contributed by atoms with Gasteiger partial charge in [-0.15, -0.1) is 11.3 Å². The predicted molar refractivity (Wildman–Crippen MR) is 125 cm³/mol. The summed E-state index contributed by atoms with van der Waals surface area (Å²) in [5, 5.41) is 15.7. The normalized spacial score (nSPS) is 11.9. The number of anilines is 2. The quantitative estimate of drug-likeness (QED) is 0.262. The molecule has 162 valence electrons. The van der Waals surface area contributed by atoms with E-state index in [4.69, 9.17) is 11.6 Å². The fourth-order valence-corrected chi connectivity index (χ4v) is 4.90. The van der Waals surface area contributed by atoms with Gasteiger partial charge in [0.15, 0.2) is 0 Å². The van der Waals surface area contributed by atoms with Gasteiger partial charge in [-0.25, -0.2) is 8.42 Å². The number of hydrazone groups is 1. The Bertz CT molecular complexity index is 1290. The van der Waals surface area contributed by atoms with Crippen LogP contribution >= 0.6 is 22.9 Å². The summed E-state index contributed by atoms with van der Waals surface area (Å²) in [4.78, 5) is 11.5. The van der Waals surface area contributed by atoms with Crippen molar-refractivity contribution in [1.29, 1.82) is 0 Å². The van der Waals surface area contributed by atoms with Crippen LogP contribution in [0, 0.1) is 24.0 Å². The number of hydrogen-bond donors (Lipinski definition) is 2. The molecule has 0 bridgehead atoms. The van der Waals surface area contributed by atoms with Crippen molar-refractivity contribution in [2.75, 3.05) is 10.1 Å². The van der Waals surface area contributed by atoms with Crippen LogP contribution in [0.15, 0.2) is 58.5 Å². The fraction of sp³-hybridized carbons (Fsp3) is 0.150. The number of nitro benzene ring substituents is 1. The molecule has 3 aromatic rings. The van der Waals surface area contributed by atoms with E-state index in [-0.39, 0.29) is 10.6 Å². The Balaban J connectivity index is 1.89. The lowest BCUT2D eigenvalue weighted by atomic mass is 10.1. The molecule has 0 spiro atoms. The average molecular weight is 479 g/mol. The Morgan fingerprint density at radius 1 is 1.10 bits per heavy atom. The van der Waals surface area contributed by atoms with Crippen molar-refractivity contribution in [3.63, 3.8) is 0 Å². The molecule has 1 heterocycles. The van der Waals surface area contributed by atoms with E-state index in [9.17, 15) is 18.5 Å². The first-order valence-electron chi connectivity index (χ1n) is 9.01. The Morgan fingerprint density at radius 3 is 2.42 bits per heavy atom. The summed E-state index contributed by atoms with van der Waals surface area (Å²) in [6, 6.07) is 12.4. The first-order valence-corrected chi connectivity index (χ1v) is 11.7. The number of halogens is 1. The summed E-state index contributed by atoms with van der Waals surface area (Å²) in [6.07, 6.45) is 0. The Labute approximate surface area is 188 Å². The van der Waals surface area contributed by atoms with Gasteiger partial charge in [0.2, 0.25) is 0 Å². The van der Waals surface area contributed by atoms with Crippen molar-refractivity contribution in [3.8, 4) is 0 Å². The molecule has 0 atom stereocenters. The Kier molecular flexibility index (Phi) is 6.63. The Morgan fingerprint density at radius 2 is 1.81 bits per heavy atom. The first-order chi connectivity index (χ1) is 14.6. The van der Waals surface area contributed by atoms with Gasteiger partial charge in [-0.3, -0.25) is 20.3 Å². The number of nitro groups is 1. The lowest BCUT2D eigenvalue weighted by Crippen LogP contribution is -2.14. The van der Waals surface area contributed by atoms with E-state index < -0.39 is 20.6 Å². The van der Waals surface area contributed by atoms with Gasteiger partial charge in [-0.1, -0.05) is 29.3 Å². The number of sulfonamides is 1. The summed E-state index contributed by atoms with van der Waals surface area (Å²) < 4.78 is 28.6. The maximum atomic E-state index is 12.8. The molecule has 8 nitrogen and oxygen atoms in total. The van der Waals surface area contributed by atoms with Crippen LogP contribution < -0.4 is 10.1 Å². The molecule has 2 aromatic carbocycles. The second-order valence-electron chi connectivity index (χ2n) is 6.77. The minimum Gasteiger partial charge on any atom is -0.279 e. The highest BCUT2D eigenvalue weighted by Crippen LogP contribution is 2.30. The van der Waals surface area contributed by atoms with Gasteiger partial charge in [0.05, 0.1) is 30.4 Å². The van der Waals surface area contributed by atoms with Gasteiger partial charge >= 0.3 is 0 Å². The third-order valence-corrected chi connectivity index (χ3v) is 7.08. The highest BCUT2D eigenvalue weighted by Gasteiger charge is 2.22. The lowest BCUT2D eigenvalue weighted by Gasteiger charge is -2.12. The van der Waals surface area contributed by atoms with E-state index >= 15 is 0 Å². The van der Waals surface area contributed by atoms with Crippen molar-refractivity contribution in [1.82, 2.24) is 0 Å². The zero-order valence-electron chi connectivity index (χ0n) is 16.8. The molecule has 0 aliphatic heterocycles. The minimum atomic E-state index is -4.02.